The second kappa shape index (κ2) is 7.71. The lowest BCUT2D eigenvalue weighted by Gasteiger charge is -2.19. The summed E-state index contributed by atoms with van der Waals surface area (Å²) in [6, 6.07) is 13.2. The SMILES string of the molecule is COC(=O)C1=C(C)N(c2ccc(C(C)C)cc2)C(=O)/C1=C\c1ccc2c(c1)OCO2. The maximum atomic E-state index is 13.4. The highest BCUT2D eigenvalue weighted by Crippen LogP contribution is 2.38. The van der Waals surface area contributed by atoms with Gasteiger partial charge >= 0.3 is 5.97 Å². The maximum absolute atomic E-state index is 13.4. The van der Waals surface area contributed by atoms with Crippen LogP contribution in [0.1, 0.15) is 37.8 Å². The average Bonchev–Trinajstić information content (AvgIpc) is 3.30. The molecule has 0 N–H and O–H groups in total. The zero-order valence-electron chi connectivity index (χ0n) is 17.4. The van der Waals surface area contributed by atoms with Crippen LogP contribution in [0.5, 0.6) is 11.5 Å². The molecule has 0 spiro atoms. The number of carbonyl (C=O) groups excluding carboxylic acids is 2. The third-order valence-corrected chi connectivity index (χ3v) is 5.32. The van der Waals surface area contributed by atoms with Gasteiger partial charge in [-0.3, -0.25) is 9.69 Å². The minimum absolute atomic E-state index is 0.168. The number of fused-ring (bicyclic) bond motifs is 1. The highest BCUT2D eigenvalue weighted by molar-refractivity contribution is 6.23. The molecule has 6 heteroatoms. The van der Waals surface area contributed by atoms with E-state index >= 15 is 0 Å². The van der Waals surface area contributed by atoms with Crippen molar-refractivity contribution in [2.24, 2.45) is 0 Å². The second-order valence-corrected chi connectivity index (χ2v) is 7.51. The number of benzene rings is 2. The molecule has 0 bridgehead atoms. The molecule has 2 aromatic rings. The van der Waals surface area contributed by atoms with Crippen LogP contribution in [0, 0.1) is 0 Å². The first kappa shape index (κ1) is 19.8. The van der Waals surface area contributed by atoms with Crippen molar-refractivity contribution in [2.45, 2.75) is 26.7 Å². The lowest BCUT2D eigenvalue weighted by molar-refractivity contribution is -0.136. The Kier molecular flexibility index (Phi) is 5.08. The Bertz CT molecular complexity index is 1080. The molecule has 4 rings (SSSR count). The Morgan fingerprint density at radius 2 is 1.80 bits per heavy atom. The van der Waals surface area contributed by atoms with Crippen molar-refractivity contribution in [1.29, 1.82) is 0 Å². The summed E-state index contributed by atoms with van der Waals surface area (Å²) in [5.41, 5.74) is 3.69. The first-order valence-corrected chi connectivity index (χ1v) is 9.76. The number of rotatable bonds is 4. The van der Waals surface area contributed by atoms with Crippen molar-refractivity contribution in [2.75, 3.05) is 18.8 Å². The predicted molar refractivity (Wildman–Crippen MR) is 113 cm³/mol. The highest BCUT2D eigenvalue weighted by atomic mass is 16.7. The fourth-order valence-corrected chi connectivity index (χ4v) is 3.67. The number of hydrogen-bond donors (Lipinski definition) is 0. The quantitative estimate of drug-likeness (QED) is 0.557. The van der Waals surface area contributed by atoms with Crippen LogP contribution >= 0.6 is 0 Å². The van der Waals surface area contributed by atoms with Gasteiger partial charge in [0.05, 0.1) is 18.3 Å². The number of methoxy groups -OCH3 is 1. The summed E-state index contributed by atoms with van der Waals surface area (Å²) in [6.45, 7) is 6.15. The van der Waals surface area contributed by atoms with Crippen LogP contribution < -0.4 is 14.4 Å². The fourth-order valence-electron chi connectivity index (χ4n) is 3.67. The fraction of sp³-hybridized carbons (Fsp3) is 0.250. The van der Waals surface area contributed by atoms with Gasteiger partial charge in [0.2, 0.25) is 6.79 Å². The van der Waals surface area contributed by atoms with Crippen molar-refractivity contribution in [3.8, 4) is 11.5 Å². The van der Waals surface area contributed by atoms with E-state index in [-0.39, 0.29) is 23.8 Å². The molecule has 0 aromatic heterocycles. The van der Waals surface area contributed by atoms with Crippen molar-refractivity contribution in [1.82, 2.24) is 0 Å². The molecule has 2 aliphatic heterocycles. The minimum Gasteiger partial charge on any atom is -0.465 e. The molecule has 2 aromatic carbocycles. The third kappa shape index (κ3) is 3.34. The molecular weight excluding hydrogens is 382 g/mol. The van der Waals surface area contributed by atoms with Gasteiger partial charge in [-0.2, -0.15) is 0 Å². The van der Waals surface area contributed by atoms with Gasteiger partial charge in [-0.1, -0.05) is 32.0 Å². The topological polar surface area (TPSA) is 65.1 Å². The van der Waals surface area contributed by atoms with Gasteiger partial charge in [0.1, 0.15) is 0 Å². The van der Waals surface area contributed by atoms with Crippen LogP contribution in [-0.4, -0.2) is 25.8 Å². The summed E-state index contributed by atoms with van der Waals surface area (Å²) in [7, 11) is 1.31. The Balaban J connectivity index is 1.77. The molecule has 6 nitrogen and oxygen atoms in total. The Labute approximate surface area is 175 Å². The lowest BCUT2D eigenvalue weighted by atomic mass is 10.0. The first-order chi connectivity index (χ1) is 14.4. The van der Waals surface area contributed by atoms with Gasteiger partial charge in [-0.05, 0) is 54.3 Å². The zero-order chi connectivity index (χ0) is 21.4. The monoisotopic (exact) mass is 405 g/mol. The van der Waals surface area contributed by atoms with E-state index in [0.717, 1.165) is 5.56 Å². The number of amides is 1. The van der Waals surface area contributed by atoms with Crippen LogP contribution in [0.4, 0.5) is 5.69 Å². The van der Waals surface area contributed by atoms with Gasteiger partial charge in [0.15, 0.2) is 11.5 Å². The van der Waals surface area contributed by atoms with E-state index < -0.39 is 5.97 Å². The molecular formula is C24H23NO5. The van der Waals surface area contributed by atoms with Gasteiger partial charge in [0, 0.05) is 11.4 Å². The van der Waals surface area contributed by atoms with Gasteiger partial charge in [-0.15, -0.1) is 0 Å². The normalized spacial score (nSPS) is 16.8. The highest BCUT2D eigenvalue weighted by Gasteiger charge is 2.38. The summed E-state index contributed by atoms with van der Waals surface area (Å²) in [6.07, 6.45) is 1.68. The van der Waals surface area contributed by atoms with E-state index in [1.54, 1.807) is 30.0 Å². The minimum atomic E-state index is -0.547. The summed E-state index contributed by atoms with van der Waals surface area (Å²) in [5, 5.41) is 0. The van der Waals surface area contributed by atoms with Crippen molar-refractivity contribution >= 4 is 23.6 Å². The molecule has 0 radical (unpaired) electrons. The molecule has 0 saturated carbocycles. The van der Waals surface area contributed by atoms with Gasteiger partial charge < -0.3 is 14.2 Å². The van der Waals surface area contributed by atoms with Gasteiger partial charge in [0.25, 0.3) is 5.91 Å². The molecule has 0 atom stereocenters. The summed E-state index contributed by atoms with van der Waals surface area (Å²) in [5.74, 6) is 0.826. The molecule has 1 amide bonds. The molecule has 2 heterocycles. The summed E-state index contributed by atoms with van der Waals surface area (Å²) in [4.78, 5) is 27.4. The number of ether oxygens (including phenoxy) is 3. The van der Waals surface area contributed by atoms with E-state index in [2.05, 4.69) is 13.8 Å². The number of esters is 1. The second-order valence-electron chi connectivity index (χ2n) is 7.51. The zero-order valence-corrected chi connectivity index (χ0v) is 17.4. The molecule has 30 heavy (non-hydrogen) atoms. The number of carbonyl (C=O) groups is 2. The number of hydrogen-bond acceptors (Lipinski definition) is 5. The molecule has 154 valence electrons. The Hall–Kier alpha value is -3.54. The summed E-state index contributed by atoms with van der Waals surface area (Å²) >= 11 is 0. The standard InChI is InChI=1S/C24H23NO5/c1-14(2)17-6-8-18(9-7-17)25-15(3)22(24(27)28-4)19(23(25)26)11-16-5-10-20-21(12-16)30-13-29-20/h5-12,14H,13H2,1-4H3/b19-11-. The summed E-state index contributed by atoms with van der Waals surface area (Å²) < 4.78 is 15.7. The molecule has 2 aliphatic rings. The van der Waals surface area contributed by atoms with E-state index in [9.17, 15) is 9.59 Å². The van der Waals surface area contributed by atoms with Crippen LogP contribution in [0.15, 0.2) is 59.3 Å². The largest absolute Gasteiger partial charge is 0.465 e. The number of allylic oxidation sites excluding steroid dienone is 1. The van der Waals surface area contributed by atoms with Gasteiger partial charge in [-0.25, -0.2) is 4.79 Å². The molecule has 0 unspecified atom stereocenters. The van der Waals surface area contributed by atoms with Crippen molar-refractivity contribution in [3.05, 3.63) is 70.4 Å². The molecule has 0 aliphatic carbocycles. The number of anilines is 1. The van der Waals surface area contributed by atoms with E-state index in [1.807, 2.05) is 30.3 Å². The molecule has 0 saturated heterocycles. The van der Waals surface area contributed by atoms with Crippen LogP contribution in [-0.2, 0) is 14.3 Å². The maximum Gasteiger partial charge on any atom is 0.340 e. The molecule has 0 fully saturated rings. The van der Waals surface area contributed by atoms with E-state index in [1.165, 1.54) is 12.7 Å². The van der Waals surface area contributed by atoms with Crippen LogP contribution in [0.2, 0.25) is 0 Å². The van der Waals surface area contributed by atoms with Crippen molar-refractivity contribution < 1.29 is 23.8 Å². The number of nitrogens with zero attached hydrogens (tertiary/aromatic N) is 1. The predicted octanol–water partition coefficient (Wildman–Crippen LogP) is 4.42. The van der Waals surface area contributed by atoms with Crippen LogP contribution in [0.3, 0.4) is 0 Å². The first-order valence-electron chi connectivity index (χ1n) is 9.76. The Morgan fingerprint density at radius 3 is 2.47 bits per heavy atom. The smallest absolute Gasteiger partial charge is 0.340 e. The van der Waals surface area contributed by atoms with Crippen molar-refractivity contribution in [3.63, 3.8) is 0 Å². The van der Waals surface area contributed by atoms with E-state index in [0.29, 0.717) is 28.8 Å². The average molecular weight is 405 g/mol. The Morgan fingerprint density at radius 1 is 1.10 bits per heavy atom. The lowest BCUT2D eigenvalue weighted by Crippen LogP contribution is -2.24. The van der Waals surface area contributed by atoms with E-state index in [4.69, 9.17) is 14.2 Å². The third-order valence-electron chi connectivity index (χ3n) is 5.32. The van der Waals surface area contributed by atoms with Crippen LogP contribution in [0.25, 0.3) is 6.08 Å².